The molecule has 1 saturated carbocycles. The molecule has 1 aromatic carbocycles. The number of alkyl halides is 3. The number of aliphatic imine (C=N–C) groups is 1. The molecular weight excluding hydrogens is 373 g/mol. The highest BCUT2D eigenvalue weighted by atomic mass is 19.4. The summed E-state index contributed by atoms with van der Waals surface area (Å²) in [5.74, 6) is 0.649. The van der Waals surface area contributed by atoms with Crippen LogP contribution in [0.4, 0.5) is 13.2 Å². The number of rotatable bonds is 7. The van der Waals surface area contributed by atoms with Gasteiger partial charge in [0.05, 0.1) is 13.1 Å². The second-order valence-corrected chi connectivity index (χ2v) is 6.98. The van der Waals surface area contributed by atoms with Crippen molar-refractivity contribution >= 4 is 11.9 Å². The molecule has 0 heterocycles. The van der Waals surface area contributed by atoms with E-state index in [1.807, 2.05) is 0 Å². The van der Waals surface area contributed by atoms with Crippen LogP contribution < -0.4 is 15.4 Å². The van der Waals surface area contributed by atoms with Gasteiger partial charge in [-0.2, -0.15) is 13.2 Å². The highest BCUT2D eigenvalue weighted by Gasteiger charge is 2.28. The molecule has 1 aliphatic rings. The Balaban J connectivity index is 1.94. The zero-order valence-corrected chi connectivity index (χ0v) is 16.2. The van der Waals surface area contributed by atoms with Gasteiger partial charge in [-0.1, -0.05) is 25.0 Å². The number of carbonyl (C=O) groups excluding carboxylic acids is 1. The molecule has 1 fully saturated rings. The van der Waals surface area contributed by atoms with E-state index in [1.54, 1.807) is 26.2 Å². The molecule has 2 rings (SSSR count). The molecule has 6 nitrogen and oxygen atoms in total. The van der Waals surface area contributed by atoms with Crippen LogP contribution in [0, 0.1) is 0 Å². The molecule has 2 N–H and O–H groups in total. The van der Waals surface area contributed by atoms with E-state index in [4.69, 9.17) is 4.74 Å². The normalized spacial score (nSPS) is 15.4. The van der Waals surface area contributed by atoms with E-state index in [1.165, 1.54) is 29.9 Å². The summed E-state index contributed by atoms with van der Waals surface area (Å²) in [5.41, 5.74) is 0.825. The van der Waals surface area contributed by atoms with Crippen molar-refractivity contribution in [2.45, 2.75) is 44.4 Å². The van der Waals surface area contributed by atoms with Crippen LogP contribution in [0.2, 0.25) is 0 Å². The predicted octanol–water partition coefficient (Wildman–Crippen LogP) is 2.69. The molecule has 0 saturated heterocycles. The molecule has 0 spiro atoms. The Morgan fingerprint density at radius 3 is 2.43 bits per heavy atom. The van der Waals surface area contributed by atoms with Gasteiger partial charge in [0, 0.05) is 20.1 Å². The van der Waals surface area contributed by atoms with Gasteiger partial charge in [-0.3, -0.25) is 4.79 Å². The number of hydrogen-bond acceptors (Lipinski definition) is 3. The Hall–Kier alpha value is -2.45. The first-order valence-corrected chi connectivity index (χ1v) is 9.26. The van der Waals surface area contributed by atoms with E-state index in [9.17, 15) is 18.0 Å². The highest BCUT2D eigenvalue weighted by Crippen LogP contribution is 2.19. The Bertz CT molecular complexity index is 654. The van der Waals surface area contributed by atoms with Gasteiger partial charge in [0.1, 0.15) is 5.75 Å². The first-order chi connectivity index (χ1) is 13.2. The Morgan fingerprint density at radius 1 is 1.21 bits per heavy atom. The Labute approximate surface area is 163 Å². The number of carbonyl (C=O) groups is 1. The smallest absolute Gasteiger partial charge is 0.422 e. The van der Waals surface area contributed by atoms with Gasteiger partial charge < -0.3 is 20.3 Å². The molecule has 0 bridgehead atoms. The first-order valence-electron chi connectivity index (χ1n) is 9.26. The summed E-state index contributed by atoms with van der Waals surface area (Å²) in [4.78, 5) is 17.8. The number of halogens is 3. The van der Waals surface area contributed by atoms with Gasteiger partial charge in [-0.15, -0.1) is 0 Å². The van der Waals surface area contributed by atoms with Gasteiger partial charge in [-0.25, -0.2) is 4.99 Å². The number of likely N-dealkylation sites (N-methyl/N-ethyl adjacent to an activating group) is 1. The van der Waals surface area contributed by atoms with Gasteiger partial charge in [-0.05, 0) is 30.5 Å². The zero-order chi connectivity index (χ0) is 20.6. The molecule has 0 unspecified atom stereocenters. The molecule has 0 aliphatic heterocycles. The molecule has 0 radical (unpaired) electrons. The second-order valence-electron chi connectivity index (χ2n) is 6.98. The monoisotopic (exact) mass is 400 g/mol. The molecular formula is C19H27F3N4O2. The predicted molar refractivity (Wildman–Crippen MR) is 101 cm³/mol. The standard InChI is InChI=1S/C19H27F3N4O2/c1-26(2)17(27)12-24-18(25-15-5-3-4-6-15)23-11-14-7-9-16(10-8-14)28-13-19(20,21)22/h7-10,15H,3-6,11-13H2,1-2H3,(H2,23,24,25). The van der Waals surface area contributed by atoms with E-state index in [-0.39, 0.29) is 18.2 Å². The van der Waals surface area contributed by atoms with Crippen LogP contribution in [-0.4, -0.2) is 56.2 Å². The summed E-state index contributed by atoms with van der Waals surface area (Å²) in [6.07, 6.45) is 0.0997. The maximum atomic E-state index is 12.2. The fraction of sp³-hybridized carbons (Fsp3) is 0.579. The van der Waals surface area contributed by atoms with Crippen molar-refractivity contribution in [2.75, 3.05) is 27.2 Å². The number of benzene rings is 1. The lowest BCUT2D eigenvalue weighted by Gasteiger charge is -2.18. The van der Waals surface area contributed by atoms with Crippen molar-refractivity contribution in [3.05, 3.63) is 29.8 Å². The van der Waals surface area contributed by atoms with E-state index >= 15 is 0 Å². The van der Waals surface area contributed by atoms with Gasteiger partial charge >= 0.3 is 6.18 Å². The highest BCUT2D eigenvalue weighted by molar-refractivity contribution is 5.86. The van der Waals surface area contributed by atoms with Gasteiger partial charge in [0.2, 0.25) is 5.91 Å². The van der Waals surface area contributed by atoms with E-state index < -0.39 is 12.8 Å². The van der Waals surface area contributed by atoms with Gasteiger partial charge in [0.15, 0.2) is 12.6 Å². The summed E-state index contributed by atoms with van der Waals surface area (Å²) in [7, 11) is 3.38. The lowest BCUT2D eigenvalue weighted by molar-refractivity contribution is -0.153. The number of hydrogen-bond donors (Lipinski definition) is 2. The van der Waals surface area contributed by atoms with Crippen molar-refractivity contribution in [1.29, 1.82) is 0 Å². The van der Waals surface area contributed by atoms with Crippen molar-refractivity contribution < 1.29 is 22.7 Å². The molecule has 1 amide bonds. The number of nitrogens with zero attached hydrogens (tertiary/aromatic N) is 2. The van der Waals surface area contributed by atoms with E-state index in [0.717, 1.165) is 18.4 Å². The van der Waals surface area contributed by atoms with Crippen LogP contribution in [0.15, 0.2) is 29.3 Å². The lowest BCUT2D eigenvalue weighted by atomic mass is 10.2. The SMILES string of the molecule is CN(C)C(=O)CNC(=NCc1ccc(OCC(F)(F)F)cc1)NC1CCCC1. The van der Waals surface area contributed by atoms with Crippen molar-refractivity contribution in [1.82, 2.24) is 15.5 Å². The largest absolute Gasteiger partial charge is 0.484 e. The van der Waals surface area contributed by atoms with E-state index in [0.29, 0.717) is 18.5 Å². The van der Waals surface area contributed by atoms with Crippen LogP contribution in [0.1, 0.15) is 31.2 Å². The summed E-state index contributed by atoms with van der Waals surface area (Å²) in [5, 5.41) is 6.39. The van der Waals surface area contributed by atoms with Crippen molar-refractivity contribution in [3.63, 3.8) is 0 Å². The molecule has 0 aromatic heterocycles. The third kappa shape index (κ3) is 8.06. The zero-order valence-electron chi connectivity index (χ0n) is 16.2. The summed E-state index contributed by atoms with van der Waals surface area (Å²) in [6.45, 7) is -0.850. The molecule has 0 atom stereocenters. The topological polar surface area (TPSA) is 66.0 Å². The number of nitrogens with one attached hydrogen (secondary N) is 2. The van der Waals surface area contributed by atoms with Crippen molar-refractivity contribution in [3.8, 4) is 5.75 Å². The van der Waals surface area contributed by atoms with Crippen LogP contribution >= 0.6 is 0 Å². The fourth-order valence-electron chi connectivity index (χ4n) is 2.76. The molecule has 9 heteroatoms. The Kier molecular flexibility index (Phi) is 7.95. The summed E-state index contributed by atoms with van der Waals surface area (Å²) < 4.78 is 41.3. The minimum absolute atomic E-state index is 0.0629. The number of ether oxygens (including phenoxy) is 1. The fourth-order valence-corrected chi connectivity index (χ4v) is 2.76. The van der Waals surface area contributed by atoms with Crippen molar-refractivity contribution in [2.24, 2.45) is 4.99 Å². The average molecular weight is 400 g/mol. The summed E-state index contributed by atoms with van der Waals surface area (Å²) >= 11 is 0. The van der Waals surface area contributed by atoms with E-state index in [2.05, 4.69) is 15.6 Å². The Morgan fingerprint density at radius 2 is 1.86 bits per heavy atom. The maximum absolute atomic E-state index is 12.2. The lowest BCUT2D eigenvalue weighted by Crippen LogP contribution is -2.46. The van der Waals surface area contributed by atoms with Crippen LogP contribution in [-0.2, 0) is 11.3 Å². The second kappa shape index (κ2) is 10.2. The molecule has 156 valence electrons. The third-order valence-corrected chi connectivity index (χ3v) is 4.35. The first kappa shape index (κ1) is 21.8. The van der Waals surface area contributed by atoms with Crippen LogP contribution in [0.25, 0.3) is 0 Å². The molecule has 1 aliphatic carbocycles. The number of guanidine groups is 1. The van der Waals surface area contributed by atoms with Gasteiger partial charge in [0.25, 0.3) is 0 Å². The quantitative estimate of drug-likeness (QED) is 0.546. The number of amides is 1. The minimum Gasteiger partial charge on any atom is -0.484 e. The molecule has 28 heavy (non-hydrogen) atoms. The third-order valence-electron chi connectivity index (χ3n) is 4.35. The summed E-state index contributed by atoms with van der Waals surface area (Å²) in [6, 6.07) is 6.66. The van der Waals surface area contributed by atoms with Crippen LogP contribution in [0.3, 0.4) is 0 Å². The minimum atomic E-state index is -4.36. The van der Waals surface area contributed by atoms with Crippen LogP contribution in [0.5, 0.6) is 5.75 Å². The maximum Gasteiger partial charge on any atom is 0.422 e. The average Bonchev–Trinajstić information content (AvgIpc) is 3.15. The molecule has 1 aromatic rings.